The maximum absolute atomic E-state index is 5.29. The first-order valence-corrected chi connectivity index (χ1v) is 6.52. The van der Waals surface area contributed by atoms with Gasteiger partial charge in [-0.15, -0.1) is 0 Å². The number of hydrogen-bond donors (Lipinski definition) is 0. The molecule has 3 aromatic rings. The van der Waals surface area contributed by atoms with Gasteiger partial charge in [0.15, 0.2) is 0 Å². The Bertz CT molecular complexity index is 724. The van der Waals surface area contributed by atoms with Crippen molar-refractivity contribution in [3.05, 3.63) is 52.8 Å². The van der Waals surface area contributed by atoms with Gasteiger partial charge in [0.25, 0.3) is 0 Å². The van der Waals surface area contributed by atoms with Gasteiger partial charge in [0.1, 0.15) is 0 Å². The summed E-state index contributed by atoms with van der Waals surface area (Å²) >= 11 is 3.53. The van der Waals surface area contributed by atoms with E-state index in [0.29, 0.717) is 6.61 Å². The van der Waals surface area contributed by atoms with Gasteiger partial charge in [-0.2, -0.15) is 0 Å². The lowest BCUT2D eigenvalue weighted by atomic mass is 9.99. The normalized spacial score (nSPS) is 11.2. The Balaban J connectivity index is 2.46. The van der Waals surface area contributed by atoms with Gasteiger partial charge in [0.05, 0.1) is 6.61 Å². The average molecular weight is 302 g/mol. The topological polar surface area (TPSA) is 22.1 Å². The van der Waals surface area contributed by atoms with Crippen LogP contribution in [0, 0.1) is 0 Å². The van der Waals surface area contributed by atoms with Gasteiger partial charge in [0.2, 0.25) is 0 Å². The lowest BCUT2D eigenvalue weighted by molar-refractivity contribution is 0.186. The van der Waals surface area contributed by atoms with Crippen LogP contribution >= 0.6 is 15.9 Å². The zero-order valence-corrected chi connectivity index (χ0v) is 11.6. The maximum atomic E-state index is 5.29. The number of benzene rings is 2. The summed E-state index contributed by atoms with van der Waals surface area (Å²) in [5.74, 6) is 0. The predicted molar refractivity (Wildman–Crippen MR) is 77.7 cm³/mol. The fraction of sp³-hybridized carbons (Fsp3) is 0.133. The summed E-state index contributed by atoms with van der Waals surface area (Å²) in [7, 11) is 1.72. The number of nitrogens with zero attached hydrogens (tertiary/aromatic N) is 1. The highest BCUT2D eigenvalue weighted by Crippen LogP contribution is 2.30. The van der Waals surface area contributed by atoms with Gasteiger partial charge < -0.3 is 4.74 Å². The molecule has 0 N–H and O–H groups in total. The van der Waals surface area contributed by atoms with Crippen molar-refractivity contribution >= 4 is 37.5 Å². The van der Waals surface area contributed by atoms with Gasteiger partial charge >= 0.3 is 0 Å². The van der Waals surface area contributed by atoms with Crippen LogP contribution in [0.4, 0.5) is 0 Å². The summed E-state index contributed by atoms with van der Waals surface area (Å²) in [6, 6.07) is 10.5. The van der Waals surface area contributed by atoms with Crippen LogP contribution < -0.4 is 0 Å². The van der Waals surface area contributed by atoms with Crippen LogP contribution in [0.25, 0.3) is 21.5 Å². The number of pyridine rings is 1. The first-order chi connectivity index (χ1) is 8.79. The minimum atomic E-state index is 0.621. The summed E-state index contributed by atoms with van der Waals surface area (Å²) in [6.45, 7) is 0.621. The fourth-order valence-corrected chi connectivity index (χ4v) is 2.68. The molecule has 3 rings (SSSR count). The van der Waals surface area contributed by atoms with Gasteiger partial charge in [-0.1, -0.05) is 22.0 Å². The van der Waals surface area contributed by atoms with E-state index in [-0.39, 0.29) is 0 Å². The number of halogens is 1. The number of ether oxygens (including phenoxy) is 1. The largest absolute Gasteiger partial charge is 0.380 e. The molecule has 0 saturated heterocycles. The summed E-state index contributed by atoms with van der Waals surface area (Å²) < 4.78 is 6.37. The number of rotatable bonds is 2. The van der Waals surface area contributed by atoms with Crippen LogP contribution in [0.2, 0.25) is 0 Å². The molecule has 1 aromatic heterocycles. The number of fused-ring (bicyclic) bond motifs is 3. The second-order valence-electron chi connectivity index (χ2n) is 4.26. The van der Waals surface area contributed by atoms with Crippen molar-refractivity contribution in [2.45, 2.75) is 6.61 Å². The molecule has 0 atom stereocenters. The van der Waals surface area contributed by atoms with E-state index in [9.17, 15) is 0 Å². The molecule has 0 aliphatic carbocycles. The number of aromatic nitrogens is 1. The third-order valence-corrected chi connectivity index (χ3v) is 3.60. The molecule has 3 heteroatoms. The Labute approximate surface area is 114 Å². The molecule has 0 aliphatic heterocycles. The van der Waals surface area contributed by atoms with Crippen molar-refractivity contribution in [2.75, 3.05) is 7.11 Å². The molecule has 0 spiro atoms. The molecule has 0 aliphatic rings. The molecular weight excluding hydrogens is 290 g/mol. The maximum Gasteiger partial charge on any atom is 0.0719 e. The second kappa shape index (κ2) is 4.67. The average Bonchev–Trinajstić information content (AvgIpc) is 2.39. The van der Waals surface area contributed by atoms with Crippen LogP contribution in [0.5, 0.6) is 0 Å². The third kappa shape index (κ3) is 1.89. The molecule has 90 valence electrons. The molecule has 2 aromatic carbocycles. The van der Waals surface area contributed by atoms with Gasteiger partial charge in [0, 0.05) is 29.4 Å². The monoisotopic (exact) mass is 301 g/mol. The SMILES string of the molecule is COCc1cc2ccncc2c2cc(Br)ccc12. The van der Waals surface area contributed by atoms with Crippen LogP contribution in [0.15, 0.2) is 47.2 Å². The van der Waals surface area contributed by atoms with Crippen LogP contribution in [0.1, 0.15) is 5.56 Å². The highest BCUT2D eigenvalue weighted by Gasteiger charge is 2.07. The van der Waals surface area contributed by atoms with E-state index in [4.69, 9.17) is 4.74 Å². The summed E-state index contributed by atoms with van der Waals surface area (Å²) in [5.41, 5.74) is 1.21. The van der Waals surface area contributed by atoms with Crippen LogP contribution in [0.3, 0.4) is 0 Å². The highest BCUT2D eigenvalue weighted by molar-refractivity contribution is 9.10. The third-order valence-electron chi connectivity index (χ3n) is 3.10. The summed E-state index contributed by atoms with van der Waals surface area (Å²) in [5, 5.41) is 4.80. The molecule has 2 nitrogen and oxygen atoms in total. The predicted octanol–water partition coefficient (Wildman–Crippen LogP) is 4.30. The van der Waals surface area contributed by atoms with Gasteiger partial charge in [-0.3, -0.25) is 4.98 Å². The van der Waals surface area contributed by atoms with Crippen molar-refractivity contribution in [3.8, 4) is 0 Å². The van der Waals surface area contributed by atoms with Crippen molar-refractivity contribution in [1.29, 1.82) is 0 Å². The molecular formula is C15H12BrNO. The first-order valence-electron chi connectivity index (χ1n) is 5.73. The second-order valence-corrected chi connectivity index (χ2v) is 5.17. The zero-order chi connectivity index (χ0) is 12.5. The van der Waals surface area contributed by atoms with E-state index in [1.165, 1.54) is 27.1 Å². The minimum Gasteiger partial charge on any atom is -0.380 e. The Hall–Kier alpha value is -1.45. The van der Waals surface area contributed by atoms with Crippen LogP contribution in [-0.2, 0) is 11.3 Å². The fourth-order valence-electron chi connectivity index (χ4n) is 2.32. The quantitative estimate of drug-likeness (QED) is 0.659. The molecule has 0 saturated carbocycles. The standard InChI is InChI=1S/C15H12BrNO/c1-18-9-11-6-10-4-5-17-8-15(10)14-7-12(16)2-3-13(11)14/h2-8H,9H2,1H3. The highest BCUT2D eigenvalue weighted by atomic mass is 79.9. The Morgan fingerprint density at radius 1 is 1.11 bits per heavy atom. The Morgan fingerprint density at radius 2 is 2.00 bits per heavy atom. The number of hydrogen-bond acceptors (Lipinski definition) is 2. The molecule has 0 fully saturated rings. The Morgan fingerprint density at radius 3 is 2.83 bits per heavy atom. The zero-order valence-electron chi connectivity index (χ0n) is 9.98. The molecule has 0 bridgehead atoms. The van der Waals surface area contributed by atoms with E-state index in [1.54, 1.807) is 7.11 Å². The van der Waals surface area contributed by atoms with Crippen LogP contribution in [-0.4, -0.2) is 12.1 Å². The van der Waals surface area contributed by atoms with Gasteiger partial charge in [-0.25, -0.2) is 0 Å². The van der Waals surface area contributed by atoms with E-state index >= 15 is 0 Å². The van der Waals surface area contributed by atoms with Crippen molar-refractivity contribution in [2.24, 2.45) is 0 Å². The Kier molecular flexibility index (Phi) is 3.02. The molecule has 0 amide bonds. The lowest BCUT2D eigenvalue weighted by Crippen LogP contribution is -1.91. The van der Waals surface area contributed by atoms with E-state index < -0.39 is 0 Å². The van der Waals surface area contributed by atoms with Crippen molar-refractivity contribution in [3.63, 3.8) is 0 Å². The van der Waals surface area contributed by atoms with Gasteiger partial charge in [-0.05, 0) is 46.0 Å². The van der Waals surface area contributed by atoms with Crippen molar-refractivity contribution in [1.82, 2.24) is 4.98 Å². The summed E-state index contributed by atoms with van der Waals surface area (Å²) in [6.07, 6.45) is 3.74. The first kappa shape index (κ1) is 11.6. The molecule has 0 unspecified atom stereocenters. The minimum absolute atomic E-state index is 0.621. The number of methoxy groups -OCH3 is 1. The molecule has 18 heavy (non-hydrogen) atoms. The van der Waals surface area contributed by atoms with E-state index in [1.807, 2.05) is 18.5 Å². The van der Waals surface area contributed by atoms with E-state index in [0.717, 1.165) is 4.47 Å². The smallest absolute Gasteiger partial charge is 0.0719 e. The molecule has 0 radical (unpaired) electrons. The summed E-state index contributed by atoms with van der Waals surface area (Å²) in [4.78, 5) is 4.22. The molecule has 1 heterocycles. The van der Waals surface area contributed by atoms with E-state index in [2.05, 4.69) is 45.2 Å². The lowest BCUT2D eigenvalue weighted by Gasteiger charge is -2.10. The van der Waals surface area contributed by atoms with Crippen molar-refractivity contribution < 1.29 is 4.74 Å².